The van der Waals surface area contributed by atoms with E-state index >= 15 is 0 Å². The topological polar surface area (TPSA) is 26.0 Å². The highest BCUT2D eigenvalue weighted by molar-refractivity contribution is 6.30. The van der Waals surface area contributed by atoms with Crippen LogP contribution in [-0.4, -0.2) is 0 Å². The molecule has 0 aliphatic heterocycles. The molecule has 1 saturated carbocycles. The van der Waals surface area contributed by atoms with E-state index in [1.807, 2.05) is 0 Å². The van der Waals surface area contributed by atoms with Crippen LogP contribution in [0.3, 0.4) is 0 Å². The van der Waals surface area contributed by atoms with Crippen molar-refractivity contribution in [1.82, 2.24) is 0 Å². The molecule has 1 aromatic rings. The van der Waals surface area contributed by atoms with Crippen molar-refractivity contribution in [2.45, 2.75) is 45.1 Å². The van der Waals surface area contributed by atoms with Crippen molar-refractivity contribution >= 4 is 11.6 Å². The Labute approximate surface area is 114 Å². The molecule has 3 heteroatoms. The van der Waals surface area contributed by atoms with Gasteiger partial charge in [0, 0.05) is 11.6 Å². The Hall–Kier alpha value is -0.600. The SMILES string of the molecule is CCC1CCC(C(N)c2cccc(Cl)c2F)CC1. The van der Waals surface area contributed by atoms with Gasteiger partial charge >= 0.3 is 0 Å². The summed E-state index contributed by atoms with van der Waals surface area (Å²) in [6.45, 7) is 2.24. The highest BCUT2D eigenvalue weighted by Crippen LogP contribution is 2.38. The maximum absolute atomic E-state index is 13.9. The van der Waals surface area contributed by atoms with Crippen molar-refractivity contribution in [2.24, 2.45) is 17.6 Å². The number of benzene rings is 1. The molecule has 0 heterocycles. The zero-order valence-electron chi connectivity index (χ0n) is 10.8. The summed E-state index contributed by atoms with van der Waals surface area (Å²) in [6.07, 6.45) is 5.89. The molecule has 2 rings (SSSR count). The average molecular weight is 270 g/mol. The molecule has 1 atom stereocenters. The molecule has 1 aromatic carbocycles. The lowest BCUT2D eigenvalue weighted by Crippen LogP contribution is -2.26. The van der Waals surface area contributed by atoms with E-state index in [9.17, 15) is 4.39 Å². The van der Waals surface area contributed by atoms with Crippen molar-refractivity contribution in [3.63, 3.8) is 0 Å². The molecule has 18 heavy (non-hydrogen) atoms. The van der Waals surface area contributed by atoms with Crippen LogP contribution in [0.15, 0.2) is 18.2 Å². The number of hydrogen-bond acceptors (Lipinski definition) is 1. The van der Waals surface area contributed by atoms with E-state index in [1.165, 1.54) is 19.3 Å². The van der Waals surface area contributed by atoms with E-state index in [4.69, 9.17) is 17.3 Å². The van der Waals surface area contributed by atoms with Crippen molar-refractivity contribution < 1.29 is 4.39 Å². The Bertz CT molecular complexity index is 399. The molecule has 0 radical (unpaired) electrons. The Morgan fingerprint density at radius 3 is 2.61 bits per heavy atom. The van der Waals surface area contributed by atoms with Gasteiger partial charge in [0.05, 0.1) is 5.02 Å². The molecule has 100 valence electrons. The Balaban J connectivity index is 2.08. The fourth-order valence-corrected chi connectivity index (χ4v) is 3.17. The van der Waals surface area contributed by atoms with Crippen molar-refractivity contribution in [1.29, 1.82) is 0 Å². The van der Waals surface area contributed by atoms with Crippen LogP contribution >= 0.6 is 11.6 Å². The fourth-order valence-electron chi connectivity index (χ4n) is 2.99. The van der Waals surface area contributed by atoms with Crippen LogP contribution < -0.4 is 5.73 Å². The van der Waals surface area contributed by atoms with Crippen LogP contribution in [0, 0.1) is 17.7 Å². The van der Waals surface area contributed by atoms with Crippen LogP contribution in [0.25, 0.3) is 0 Å². The third-order valence-electron chi connectivity index (χ3n) is 4.32. The van der Waals surface area contributed by atoms with Gasteiger partial charge < -0.3 is 5.73 Å². The molecular weight excluding hydrogens is 249 g/mol. The average Bonchev–Trinajstić information content (AvgIpc) is 2.41. The second-order valence-corrected chi connectivity index (χ2v) is 5.77. The van der Waals surface area contributed by atoms with Gasteiger partial charge in [0.25, 0.3) is 0 Å². The minimum absolute atomic E-state index is 0.171. The maximum atomic E-state index is 13.9. The second-order valence-electron chi connectivity index (χ2n) is 5.36. The molecule has 1 fully saturated rings. The predicted octanol–water partition coefficient (Wildman–Crippen LogP) is 4.70. The van der Waals surface area contributed by atoms with Crippen LogP contribution in [0.5, 0.6) is 0 Å². The summed E-state index contributed by atoms with van der Waals surface area (Å²) in [5.74, 6) is 0.878. The molecule has 0 aromatic heterocycles. The van der Waals surface area contributed by atoms with Gasteiger partial charge in [-0.25, -0.2) is 4.39 Å². The number of hydrogen-bond donors (Lipinski definition) is 1. The van der Waals surface area contributed by atoms with E-state index in [0.717, 1.165) is 18.8 Å². The molecule has 1 nitrogen and oxygen atoms in total. The van der Waals surface area contributed by atoms with Crippen molar-refractivity contribution in [3.8, 4) is 0 Å². The van der Waals surface area contributed by atoms with Gasteiger partial charge in [-0.05, 0) is 30.7 Å². The zero-order chi connectivity index (χ0) is 13.1. The number of nitrogens with two attached hydrogens (primary N) is 1. The summed E-state index contributed by atoms with van der Waals surface area (Å²) in [7, 11) is 0. The third kappa shape index (κ3) is 2.86. The fraction of sp³-hybridized carbons (Fsp3) is 0.600. The number of rotatable bonds is 3. The van der Waals surface area contributed by atoms with E-state index in [0.29, 0.717) is 11.5 Å². The van der Waals surface area contributed by atoms with E-state index in [-0.39, 0.29) is 16.9 Å². The van der Waals surface area contributed by atoms with Crippen LogP contribution in [0.4, 0.5) is 4.39 Å². The van der Waals surface area contributed by atoms with Gasteiger partial charge in [0.2, 0.25) is 0 Å². The molecule has 1 aliphatic rings. The largest absolute Gasteiger partial charge is 0.324 e. The molecule has 1 unspecified atom stereocenters. The first kappa shape index (κ1) is 13.8. The first-order chi connectivity index (χ1) is 8.63. The van der Waals surface area contributed by atoms with Gasteiger partial charge in [0.15, 0.2) is 0 Å². The molecule has 1 aliphatic carbocycles. The van der Waals surface area contributed by atoms with Gasteiger partial charge in [-0.15, -0.1) is 0 Å². The van der Waals surface area contributed by atoms with E-state index < -0.39 is 0 Å². The molecule has 0 amide bonds. The second kappa shape index (κ2) is 6.03. The van der Waals surface area contributed by atoms with Crippen molar-refractivity contribution in [2.75, 3.05) is 0 Å². The molecule has 0 saturated heterocycles. The monoisotopic (exact) mass is 269 g/mol. The molecular formula is C15H21ClFN. The first-order valence-corrected chi connectivity index (χ1v) is 7.20. The summed E-state index contributed by atoms with van der Waals surface area (Å²) in [5.41, 5.74) is 6.80. The lowest BCUT2D eigenvalue weighted by molar-refractivity contribution is 0.237. The summed E-state index contributed by atoms with van der Waals surface area (Å²) in [4.78, 5) is 0. The van der Waals surface area contributed by atoms with Gasteiger partial charge in [-0.2, -0.15) is 0 Å². The Kier molecular flexibility index (Phi) is 4.63. The standard InChI is InChI=1S/C15H21ClFN/c1-2-10-6-8-11(9-7-10)15(18)12-4-3-5-13(16)14(12)17/h3-5,10-11,15H,2,6-9,18H2,1H3. The van der Waals surface area contributed by atoms with Gasteiger partial charge in [-0.1, -0.05) is 49.9 Å². The summed E-state index contributed by atoms with van der Waals surface area (Å²) in [6, 6.07) is 4.89. The Morgan fingerprint density at radius 1 is 1.33 bits per heavy atom. The first-order valence-electron chi connectivity index (χ1n) is 6.83. The zero-order valence-corrected chi connectivity index (χ0v) is 11.6. The lowest BCUT2D eigenvalue weighted by atomic mass is 9.76. The summed E-state index contributed by atoms with van der Waals surface area (Å²) >= 11 is 5.81. The minimum atomic E-state index is -0.343. The maximum Gasteiger partial charge on any atom is 0.146 e. The highest BCUT2D eigenvalue weighted by atomic mass is 35.5. The van der Waals surface area contributed by atoms with Crippen LogP contribution in [0.1, 0.15) is 50.6 Å². The third-order valence-corrected chi connectivity index (χ3v) is 4.61. The van der Waals surface area contributed by atoms with Crippen molar-refractivity contribution in [3.05, 3.63) is 34.6 Å². The smallest absolute Gasteiger partial charge is 0.146 e. The lowest BCUT2D eigenvalue weighted by Gasteiger charge is -2.32. The minimum Gasteiger partial charge on any atom is -0.324 e. The number of halogens is 2. The van der Waals surface area contributed by atoms with Gasteiger partial charge in [0.1, 0.15) is 5.82 Å². The van der Waals surface area contributed by atoms with Gasteiger partial charge in [-0.3, -0.25) is 0 Å². The quantitative estimate of drug-likeness (QED) is 0.846. The normalized spacial score (nSPS) is 26.0. The molecule has 2 N–H and O–H groups in total. The predicted molar refractivity (Wildman–Crippen MR) is 74.1 cm³/mol. The van der Waals surface area contributed by atoms with E-state index in [1.54, 1.807) is 18.2 Å². The molecule has 0 bridgehead atoms. The summed E-state index contributed by atoms with van der Waals surface area (Å²) < 4.78 is 13.9. The van der Waals surface area contributed by atoms with Crippen LogP contribution in [0.2, 0.25) is 5.02 Å². The Morgan fingerprint density at radius 2 is 2.00 bits per heavy atom. The molecule has 0 spiro atoms. The van der Waals surface area contributed by atoms with E-state index in [2.05, 4.69) is 6.92 Å². The van der Waals surface area contributed by atoms with Crippen LogP contribution in [-0.2, 0) is 0 Å². The highest BCUT2D eigenvalue weighted by Gasteiger charge is 2.27. The summed E-state index contributed by atoms with van der Waals surface area (Å²) in [5, 5.41) is 0.171.